The molecule has 0 unspecified atom stereocenters. The monoisotopic (exact) mass is 436 g/mol. The van der Waals surface area contributed by atoms with Gasteiger partial charge < -0.3 is 10.6 Å². The van der Waals surface area contributed by atoms with Crippen LogP contribution in [0.2, 0.25) is 0 Å². The lowest BCUT2D eigenvalue weighted by atomic mass is 10.1. The largest absolute Gasteiger partial charge is 0.383 e. The Kier molecular flexibility index (Phi) is 7.25. The van der Waals surface area contributed by atoms with Crippen LogP contribution in [0.3, 0.4) is 0 Å². The van der Waals surface area contributed by atoms with Gasteiger partial charge in [0.1, 0.15) is 5.82 Å². The Morgan fingerprint density at radius 1 is 1.20 bits per heavy atom. The smallest absolute Gasteiger partial charge is 0.330 e. The molecule has 0 aliphatic carbocycles. The first-order valence-electron chi connectivity index (χ1n) is 9.72. The van der Waals surface area contributed by atoms with Gasteiger partial charge in [0.2, 0.25) is 0 Å². The molecular weight excluding hydrogens is 408 g/mol. The standard InChI is InChI=1S/C20H28N4O5S/c1-5-6-11-23-17(21)16(18(25)22-20(23)27)24(12-13(2)3)19(26)14-7-9-15(10-8-14)30(4,28)29/h7-10,13H,5-6,11-12,21H2,1-4H3,(H,22,25,27). The minimum Gasteiger partial charge on any atom is -0.383 e. The number of sulfone groups is 1. The number of nitrogens with zero attached hydrogens (tertiary/aromatic N) is 2. The molecule has 0 spiro atoms. The summed E-state index contributed by atoms with van der Waals surface area (Å²) in [6.07, 6.45) is 2.58. The number of unbranched alkanes of at least 4 members (excludes halogenated alkanes) is 1. The van der Waals surface area contributed by atoms with Gasteiger partial charge in [-0.1, -0.05) is 27.2 Å². The number of nitrogens with two attached hydrogens (primary N) is 1. The number of nitrogens with one attached hydrogen (secondary N) is 1. The highest BCUT2D eigenvalue weighted by atomic mass is 32.2. The van der Waals surface area contributed by atoms with E-state index in [9.17, 15) is 22.8 Å². The van der Waals surface area contributed by atoms with Gasteiger partial charge in [-0.15, -0.1) is 0 Å². The van der Waals surface area contributed by atoms with Crippen LogP contribution >= 0.6 is 0 Å². The Labute approximate surface area is 175 Å². The van der Waals surface area contributed by atoms with E-state index in [-0.39, 0.29) is 34.4 Å². The molecule has 0 aliphatic heterocycles. The fraction of sp³-hybridized carbons (Fsp3) is 0.450. The van der Waals surface area contributed by atoms with Gasteiger partial charge in [0.05, 0.1) is 4.90 Å². The summed E-state index contributed by atoms with van der Waals surface area (Å²) in [5.74, 6) is -0.584. The van der Waals surface area contributed by atoms with Crippen LogP contribution < -0.4 is 21.9 Å². The minimum atomic E-state index is -3.41. The number of carbonyl (C=O) groups excluding carboxylic acids is 1. The molecule has 0 aliphatic rings. The van der Waals surface area contributed by atoms with E-state index in [1.807, 2.05) is 20.8 Å². The van der Waals surface area contributed by atoms with Crippen molar-refractivity contribution in [2.24, 2.45) is 5.92 Å². The Bertz CT molecular complexity index is 1130. The average Bonchev–Trinajstić information content (AvgIpc) is 2.65. The summed E-state index contributed by atoms with van der Waals surface area (Å²) in [4.78, 5) is 41.6. The summed E-state index contributed by atoms with van der Waals surface area (Å²) >= 11 is 0. The van der Waals surface area contributed by atoms with Crippen LogP contribution in [0.4, 0.5) is 11.5 Å². The molecule has 9 nitrogen and oxygen atoms in total. The first kappa shape index (κ1) is 23.4. The summed E-state index contributed by atoms with van der Waals surface area (Å²) in [7, 11) is -3.41. The number of aromatic amines is 1. The van der Waals surface area contributed by atoms with Crippen molar-refractivity contribution in [1.82, 2.24) is 9.55 Å². The summed E-state index contributed by atoms with van der Waals surface area (Å²) in [5, 5.41) is 0. The minimum absolute atomic E-state index is 0.000868. The number of aromatic nitrogens is 2. The van der Waals surface area contributed by atoms with Gasteiger partial charge in [-0.25, -0.2) is 13.2 Å². The molecule has 2 aromatic rings. The van der Waals surface area contributed by atoms with Gasteiger partial charge >= 0.3 is 5.69 Å². The van der Waals surface area contributed by atoms with Crippen LogP contribution in [0.5, 0.6) is 0 Å². The molecule has 0 saturated heterocycles. The molecule has 1 aromatic heterocycles. The summed E-state index contributed by atoms with van der Waals surface area (Å²) in [5.41, 5.74) is 4.92. The number of H-pyrrole nitrogens is 1. The van der Waals surface area contributed by atoms with Crippen LogP contribution in [0.1, 0.15) is 44.0 Å². The Morgan fingerprint density at radius 2 is 1.80 bits per heavy atom. The molecule has 0 saturated carbocycles. The molecule has 30 heavy (non-hydrogen) atoms. The van der Waals surface area contributed by atoms with Crippen LogP contribution in [-0.4, -0.2) is 36.7 Å². The maximum Gasteiger partial charge on any atom is 0.330 e. The van der Waals surface area contributed by atoms with Gasteiger partial charge in [-0.3, -0.25) is 19.1 Å². The van der Waals surface area contributed by atoms with E-state index in [0.29, 0.717) is 13.0 Å². The second-order valence-corrected chi connectivity index (χ2v) is 9.62. The van der Waals surface area contributed by atoms with Crippen LogP contribution in [-0.2, 0) is 16.4 Å². The van der Waals surface area contributed by atoms with E-state index in [2.05, 4.69) is 4.98 Å². The van der Waals surface area contributed by atoms with Crippen molar-refractivity contribution < 1.29 is 13.2 Å². The fourth-order valence-electron chi connectivity index (χ4n) is 3.02. The first-order chi connectivity index (χ1) is 14.0. The van der Waals surface area contributed by atoms with Crippen molar-refractivity contribution in [2.45, 2.75) is 45.1 Å². The second kappa shape index (κ2) is 9.29. The van der Waals surface area contributed by atoms with Gasteiger partial charge in [-0.05, 0) is 36.6 Å². The number of benzene rings is 1. The molecule has 0 atom stereocenters. The molecule has 2 rings (SSSR count). The first-order valence-corrected chi connectivity index (χ1v) is 11.6. The van der Waals surface area contributed by atoms with Gasteiger partial charge in [0, 0.05) is 24.9 Å². The second-order valence-electron chi connectivity index (χ2n) is 7.60. The summed E-state index contributed by atoms with van der Waals surface area (Å²) < 4.78 is 24.6. The molecule has 164 valence electrons. The molecule has 0 radical (unpaired) electrons. The molecule has 0 fully saturated rings. The van der Waals surface area contributed by atoms with E-state index in [1.165, 1.54) is 33.7 Å². The molecule has 1 amide bonds. The highest BCUT2D eigenvalue weighted by Crippen LogP contribution is 2.22. The van der Waals surface area contributed by atoms with Crippen molar-refractivity contribution in [3.63, 3.8) is 0 Å². The molecule has 1 heterocycles. The lowest BCUT2D eigenvalue weighted by molar-refractivity contribution is 0.0983. The average molecular weight is 437 g/mol. The number of amides is 1. The Morgan fingerprint density at radius 3 is 2.30 bits per heavy atom. The summed E-state index contributed by atoms with van der Waals surface area (Å²) in [6, 6.07) is 5.46. The number of rotatable bonds is 8. The zero-order valence-electron chi connectivity index (χ0n) is 17.6. The number of carbonyl (C=O) groups is 1. The topological polar surface area (TPSA) is 135 Å². The Hall–Kier alpha value is -2.88. The normalized spacial score (nSPS) is 11.6. The van der Waals surface area contributed by atoms with Crippen molar-refractivity contribution in [2.75, 3.05) is 23.4 Å². The maximum atomic E-state index is 13.2. The van der Waals surface area contributed by atoms with E-state index >= 15 is 0 Å². The van der Waals surface area contributed by atoms with Crippen LogP contribution in [0.25, 0.3) is 0 Å². The zero-order chi connectivity index (χ0) is 22.6. The number of hydrogen-bond acceptors (Lipinski definition) is 6. The number of hydrogen-bond donors (Lipinski definition) is 2. The molecule has 3 N–H and O–H groups in total. The third-order valence-electron chi connectivity index (χ3n) is 4.54. The summed E-state index contributed by atoms with van der Waals surface area (Å²) in [6.45, 7) is 6.22. The zero-order valence-corrected chi connectivity index (χ0v) is 18.5. The third-order valence-corrected chi connectivity index (χ3v) is 5.67. The molecule has 1 aromatic carbocycles. The third kappa shape index (κ3) is 5.18. The van der Waals surface area contributed by atoms with E-state index in [4.69, 9.17) is 5.73 Å². The highest BCUT2D eigenvalue weighted by Gasteiger charge is 2.26. The lowest BCUT2D eigenvalue weighted by Crippen LogP contribution is -2.42. The Balaban J connectivity index is 2.59. The number of nitrogen functional groups attached to an aromatic ring is 1. The quantitative estimate of drug-likeness (QED) is 0.645. The van der Waals surface area contributed by atoms with E-state index < -0.39 is 27.0 Å². The molecule has 0 bridgehead atoms. The van der Waals surface area contributed by atoms with Crippen molar-refractivity contribution in [3.05, 3.63) is 50.7 Å². The van der Waals surface area contributed by atoms with Gasteiger partial charge in [0.25, 0.3) is 11.5 Å². The van der Waals surface area contributed by atoms with Gasteiger partial charge in [0.15, 0.2) is 15.5 Å². The van der Waals surface area contributed by atoms with E-state index in [0.717, 1.165) is 12.7 Å². The van der Waals surface area contributed by atoms with Crippen molar-refractivity contribution in [1.29, 1.82) is 0 Å². The van der Waals surface area contributed by atoms with Crippen molar-refractivity contribution in [3.8, 4) is 0 Å². The van der Waals surface area contributed by atoms with E-state index in [1.54, 1.807) is 0 Å². The van der Waals surface area contributed by atoms with Crippen LogP contribution in [0.15, 0.2) is 38.8 Å². The molecular formula is C20H28N4O5S. The highest BCUT2D eigenvalue weighted by molar-refractivity contribution is 7.90. The SMILES string of the molecule is CCCCn1c(N)c(N(CC(C)C)C(=O)c2ccc(S(C)(=O)=O)cc2)c(=O)[nH]c1=O. The predicted octanol–water partition coefficient (Wildman–Crippen LogP) is 1.63. The maximum absolute atomic E-state index is 13.2. The number of anilines is 2. The fourth-order valence-corrected chi connectivity index (χ4v) is 3.65. The van der Waals surface area contributed by atoms with Gasteiger partial charge in [-0.2, -0.15) is 0 Å². The van der Waals surface area contributed by atoms with Crippen LogP contribution in [0, 0.1) is 5.92 Å². The molecule has 10 heteroatoms. The predicted molar refractivity (Wildman–Crippen MR) is 117 cm³/mol. The lowest BCUT2D eigenvalue weighted by Gasteiger charge is -2.26. The van der Waals surface area contributed by atoms with Crippen molar-refractivity contribution >= 4 is 27.2 Å².